The summed E-state index contributed by atoms with van der Waals surface area (Å²) < 4.78 is 1.74. The molecule has 0 aliphatic rings. The summed E-state index contributed by atoms with van der Waals surface area (Å²) in [6.07, 6.45) is 0. The Kier molecular flexibility index (Phi) is 2.44. The molecule has 3 aromatic rings. The van der Waals surface area contributed by atoms with E-state index in [0.29, 0.717) is 21.4 Å². The fraction of sp³-hybridized carbons (Fsp3) is 0.0769. The molecule has 3 rings (SSSR count). The first-order valence-electron chi connectivity index (χ1n) is 5.28. The van der Waals surface area contributed by atoms with Crippen LogP contribution in [0.1, 0.15) is 11.1 Å². The van der Waals surface area contributed by atoms with Crippen LogP contribution in [-0.4, -0.2) is 9.38 Å². The molecule has 88 valence electrons. The van der Waals surface area contributed by atoms with Gasteiger partial charge in [0.05, 0.1) is 16.6 Å². The number of nitrogens with zero attached hydrogens (tertiary/aromatic N) is 3. The summed E-state index contributed by atoms with van der Waals surface area (Å²) in [6.45, 7) is 1.84. The molecule has 0 atom stereocenters. The smallest absolute Gasteiger partial charge is 0.157 e. The van der Waals surface area contributed by atoms with Crippen molar-refractivity contribution in [3.63, 3.8) is 0 Å². The lowest BCUT2D eigenvalue weighted by atomic mass is 10.2. The summed E-state index contributed by atoms with van der Waals surface area (Å²) in [5.74, 6) is 0. The van der Waals surface area contributed by atoms with Gasteiger partial charge < -0.3 is 0 Å². The van der Waals surface area contributed by atoms with Crippen LogP contribution in [-0.2, 0) is 0 Å². The van der Waals surface area contributed by atoms with Gasteiger partial charge in [-0.25, -0.2) is 4.98 Å². The quantitative estimate of drug-likeness (QED) is 0.583. The molecule has 0 aliphatic carbocycles. The number of imidazole rings is 1. The first-order valence-corrected chi connectivity index (χ1v) is 6.04. The molecule has 0 unspecified atom stereocenters. The van der Waals surface area contributed by atoms with E-state index in [0.717, 1.165) is 16.6 Å². The first-order chi connectivity index (χ1) is 8.61. The van der Waals surface area contributed by atoms with Gasteiger partial charge in [-0.1, -0.05) is 23.2 Å². The van der Waals surface area contributed by atoms with E-state index in [1.54, 1.807) is 22.6 Å². The zero-order valence-electron chi connectivity index (χ0n) is 9.41. The third-order valence-electron chi connectivity index (χ3n) is 2.90. The van der Waals surface area contributed by atoms with Crippen molar-refractivity contribution in [2.75, 3.05) is 0 Å². The molecule has 18 heavy (non-hydrogen) atoms. The van der Waals surface area contributed by atoms with Crippen molar-refractivity contribution in [3.05, 3.63) is 45.6 Å². The van der Waals surface area contributed by atoms with Gasteiger partial charge in [-0.15, -0.1) is 0 Å². The van der Waals surface area contributed by atoms with E-state index in [9.17, 15) is 5.26 Å². The van der Waals surface area contributed by atoms with Gasteiger partial charge in [0.2, 0.25) is 0 Å². The number of hydrogen-bond donors (Lipinski definition) is 0. The summed E-state index contributed by atoms with van der Waals surface area (Å²) in [4.78, 5) is 4.45. The molecule has 0 radical (unpaired) electrons. The molecule has 0 bridgehead atoms. The van der Waals surface area contributed by atoms with Crippen molar-refractivity contribution in [1.82, 2.24) is 9.38 Å². The maximum atomic E-state index is 9.21. The number of aryl methyl sites for hydroxylation is 1. The highest BCUT2D eigenvalue weighted by Gasteiger charge is 2.14. The molecule has 2 aromatic heterocycles. The Hall–Kier alpha value is -1.76. The fourth-order valence-electron chi connectivity index (χ4n) is 2.06. The fourth-order valence-corrected chi connectivity index (χ4v) is 2.56. The molecule has 1 aromatic carbocycles. The molecular weight excluding hydrogens is 269 g/mol. The molecule has 2 heterocycles. The zero-order chi connectivity index (χ0) is 12.9. The van der Waals surface area contributed by atoms with Gasteiger partial charge in [-0.2, -0.15) is 5.26 Å². The largest absolute Gasteiger partial charge is 0.281 e. The monoisotopic (exact) mass is 275 g/mol. The number of fused-ring (bicyclic) bond motifs is 3. The average Bonchev–Trinajstić information content (AvgIpc) is 2.68. The van der Waals surface area contributed by atoms with Crippen molar-refractivity contribution in [3.8, 4) is 6.07 Å². The number of rotatable bonds is 0. The predicted octanol–water partition coefficient (Wildman–Crippen LogP) is 3.97. The van der Waals surface area contributed by atoms with Crippen LogP contribution in [0.4, 0.5) is 0 Å². The van der Waals surface area contributed by atoms with E-state index < -0.39 is 0 Å². The van der Waals surface area contributed by atoms with Crippen LogP contribution in [0, 0.1) is 18.3 Å². The van der Waals surface area contributed by atoms with Crippen LogP contribution >= 0.6 is 23.2 Å². The van der Waals surface area contributed by atoms with Crippen molar-refractivity contribution < 1.29 is 0 Å². The van der Waals surface area contributed by atoms with Crippen LogP contribution in [0.2, 0.25) is 10.2 Å². The lowest BCUT2D eigenvalue weighted by molar-refractivity contribution is 1.19. The van der Waals surface area contributed by atoms with Crippen LogP contribution in [0.15, 0.2) is 24.3 Å². The van der Waals surface area contributed by atoms with E-state index in [1.165, 1.54) is 0 Å². The molecular formula is C13H7Cl2N3. The van der Waals surface area contributed by atoms with E-state index in [-0.39, 0.29) is 0 Å². The second-order valence-electron chi connectivity index (χ2n) is 4.04. The highest BCUT2D eigenvalue weighted by Crippen LogP contribution is 2.27. The van der Waals surface area contributed by atoms with Crippen molar-refractivity contribution in [2.45, 2.75) is 6.92 Å². The molecule has 0 N–H and O–H groups in total. The average molecular weight is 276 g/mol. The number of pyridine rings is 1. The van der Waals surface area contributed by atoms with E-state index in [1.807, 2.05) is 13.0 Å². The lowest BCUT2D eigenvalue weighted by Crippen LogP contribution is -1.94. The van der Waals surface area contributed by atoms with Gasteiger partial charge in [-0.3, -0.25) is 4.40 Å². The number of hydrogen-bond acceptors (Lipinski definition) is 2. The number of halogens is 2. The Labute approximate surface area is 113 Å². The molecule has 0 saturated carbocycles. The van der Waals surface area contributed by atoms with Crippen LogP contribution in [0.25, 0.3) is 16.7 Å². The SMILES string of the molecule is Cc1cc(Cl)n2c(nc3ccc(Cl)cc32)c1C#N. The lowest BCUT2D eigenvalue weighted by Gasteiger charge is -2.03. The van der Waals surface area contributed by atoms with Crippen molar-refractivity contribution in [2.24, 2.45) is 0 Å². The molecule has 0 aliphatic heterocycles. The molecule has 3 nitrogen and oxygen atoms in total. The summed E-state index contributed by atoms with van der Waals surface area (Å²) in [6, 6.07) is 9.30. The number of aromatic nitrogens is 2. The molecule has 0 amide bonds. The predicted molar refractivity (Wildman–Crippen MR) is 72.2 cm³/mol. The highest BCUT2D eigenvalue weighted by atomic mass is 35.5. The van der Waals surface area contributed by atoms with Crippen LogP contribution < -0.4 is 0 Å². The Morgan fingerprint density at radius 2 is 2.06 bits per heavy atom. The minimum Gasteiger partial charge on any atom is -0.281 e. The Morgan fingerprint density at radius 3 is 2.78 bits per heavy atom. The minimum atomic E-state index is 0.520. The second-order valence-corrected chi connectivity index (χ2v) is 4.86. The standard InChI is InChI=1S/C13H7Cl2N3/c1-7-4-12(15)18-11-5-8(14)2-3-10(11)17-13(18)9(7)6-16/h2-5H,1H3. The summed E-state index contributed by atoms with van der Waals surface area (Å²) >= 11 is 12.2. The van der Waals surface area contributed by atoms with Gasteiger partial charge in [0.25, 0.3) is 0 Å². The Bertz CT molecular complexity index is 828. The third kappa shape index (κ3) is 1.47. The maximum Gasteiger partial charge on any atom is 0.157 e. The molecule has 0 saturated heterocycles. The van der Waals surface area contributed by atoms with Crippen LogP contribution in [0.5, 0.6) is 0 Å². The normalized spacial score (nSPS) is 11.0. The van der Waals surface area contributed by atoms with E-state index in [4.69, 9.17) is 23.2 Å². The van der Waals surface area contributed by atoms with Gasteiger partial charge in [0.15, 0.2) is 5.65 Å². The third-order valence-corrected chi connectivity index (χ3v) is 3.41. The van der Waals surface area contributed by atoms with Gasteiger partial charge >= 0.3 is 0 Å². The van der Waals surface area contributed by atoms with E-state index in [2.05, 4.69) is 11.1 Å². The summed E-state index contributed by atoms with van der Waals surface area (Å²) in [5, 5.41) is 10.3. The number of benzene rings is 1. The molecule has 0 spiro atoms. The maximum absolute atomic E-state index is 9.21. The summed E-state index contributed by atoms with van der Waals surface area (Å²) in [5.41, 5.74) is 3.49. The van der Waals surface area contributed by atoms with Crippen LogP contribution in [0.3, 0.4) is 0 Å². The minimum absolute atomic E-state index is 0.520. The number of nitriles is 1. The highest BCUT2D eigenvalue weighted by molar-refractivity contribution is 6.32. The summed E-state index contributed by atoms with van der Waals surface area (Å²) in [7, 11) is 0. The second kappa shape index (κ2) is 3.88. The molecule has 0 fully saturated rings. The van der Waals surface area contributed by atoms with Gasteiger partial charge in [-0.05, 0) is 36.8 Å². The zero-order valence-corrected chi connectivity index (χ0v) is 10.9. The van der Waals surface area contributed by atoms with E-state index >= 15 is 0 Å². The Balaban J connectivity index is 2.63. The van der Waals surface area contributed by atoms with Gasteiger partial charge in [0.1, 0.15) is 11.2 Å². The van der Waals surface area contributed by atoms with Crippen molar-refractivity contribution in [1.29, 1.82) is 5.26 Å². The van der Waals surface area contributed by atoms with Crippen molar-refractivity contribution >= 4 is 39.9 Å². The Morgan fingerprint density at radius 1 is 1.28 bits per heavy atom. The van der Waals surface area contributed by atoms with Gasteiger partial charge in [0, 0.05) is 5.02 Å². The first kappa shape index (κ1) is 11.3. The topological polar surface area (TPSA) is 41.1 Å². The molecule has 5 heteroatoms.